The highest BCUT2D eigenvalue weighted by atomic mass is 35.5. The number of nitrogens with one attached hydrogen (secondary N) is 1. The average molecular weight is 408 g/mol. The molecular weight excluding hydrogens is 377 g/mol. The largest absolute Gasteiger partial charge is 0.367 e. The molecule has 0 heterocycles. The maximum Gasteiger partial charge on any atom is 0.161 e. The summed E-state index contributed by atoms with van der Waals surface area (Å²) in [6, 6.07) is 16.7. The Morgan fingerprint density at radius 1 is 1.04 bits per heavy atom. The third-order valence-corrected chi connectivity index (χ3v) is 6.09. The van der Waals surface area contributed by atoms with E-state index in [0.29, 0.717) is 17.7 Å². The van der Waals surface area contributed by atoms with E-state index in [9.17, 15) is 5.11 Å². The second kappa shape index (κ2) is 9.82. The summed E-state index contributed by atoms with van der Waals surface area (Å²) in [5, 5.41) is 14.8. The zero-order valence-electron chi connectivity index (χ0n) is 16.2. The molecule has 3 rings (SSSR count). The minimum absolute atomic E-state index is 0. The maximum atomic E-state index is 11.2. The molecule has 2 aromatic carbocycles. The van der Waals surface area contributed by atoms with Crippen LogP contribution in [0.1, 0.15) is 68.6 Å². The molecule has 1 aliphatic carbocycles. The number of alkyl halides is 1. The number of halogens is 2. The zero-order valence-corrected chi connectivity index (χ0v) is 17.8. The molecule has 0 aromatic heterocycles. The molecular formula is C23H31Cl2NO. The summed E-state index contributed by atoms with van der Waals surface area (Å²) in [4.78, 5) is 0. The van der Waals surface area contributed by atoms with Crippen LogP contribution in [0.15, 0.2) is 48.5 Å². The predicted octanol–water partition coefficient (Wildman–Crippen LogP) is 6.60. The van der Waals surface area contributed by atoms with Crippen molar-refractivity contribution in [3.63, 3.8) is 0 Å². The Labute approximate surface area is 174 Å². The lowest BCUT2D eigenvalue weighted by molar-refractivity contribution is 0.0632. The predicted molar refractivity (Wildman–Crippen MR) is 118 cm³/mol. The van der Waals surface area contributed by atoms with E-state index in [-0.39, 0.29) is 12.4 Å². The van der Waals surface area contributed by atoms with Gasteiger partial charge in [0.05, 0.1) is 0 Å². The first-order valence-corrected chi connectivity index (χ1v) is 10.3. The Morgan fingerprint density at radius 3 is 2.26 bits per heavy atom. The van der Waals surface area contributed by atoms with E-state index in [4.69, 9.17) is 11.6 Å². The molecule has 3 atom stereocenters. The van der Waals surface area contributed by atoms with Gasteiger partial charge in [0, 0.05) is 16.6 Å². The van der Waals surface area contributed by atoms with Crippen molar-refractivity contribution in [3.05, 3.63) is 65.2 Å². The topological polar surface area (TPSA) is 32.3 Å². The van der Waals surface area contributed by atoms with Crippen LogP contribution in [0.4, 0.5) is 5.69 Å². The van der Waals surface area contributed by atoms with Gasteiger partial charge in [-0.05, 0) is 61.3 Å². The standard InChI is InChI=1S/C23H30ClNO.ClH/c1-3-17-8-14-22(15-9-17)25-23(26,4-2)20-12-10-18(11-13-20)19-6-5-7-21(24)16-19;/h8-15,19,21,25-26H,3-7,16H2,1-2H3;1H. The molecule has 148 valence electrons. The van der Waals surface area contributed by atoms with Crippen molar-refractivity contribution in [3.8, 4) is 0 Å². The minimum atomic E-state index is -1.06. The number of benzene rings is 2. The van der Waals surface area contributed by atoms with E-state index < -0.39 is 5.72 Å². The summed E-state index contributed by atoms with van der Waals surface area (Å²) in [5.41, 5.74) is 3.41. The van der Waals surface area contributed by atoms with Crippen LogP contribution in [0.3, 0.4) is 0 Å². The second-order valence-electron chi connectivity index (χ2n) is 7.47. The molecule has 0 radical (unpaired) electrons. The Bertz CT molecular complexity index is 701. The maximum absolute atomic E-state index is 11.2. The van der Waals surface area contributed by atoms with Crippen molar-refractivity contribution < 1.29 is 5.11 Å². The number of hydrogen-bond donors (Lipinski definition) is 2. The van der Waals surface area contributed by atoms with Crippen LogP contribution in [0.5, 0.6) is 0 Å². The van der Waals surface area contributed by atoms with E-state index in [1.54, 1.807) is 0 Å². The van der Waals surface area contributed by atoms with Crippen molar-refractivity contribution in [2.75, 3.05) is 5.32 Å². The zero-order chi connectivity index (χ0) is 18.6. The summed E-state index contributed by atoms with van der Waals surface area (Å²) in [6.45, 7) is 4.14. The molecule has 3 unspecified atom stereocenters. The first kappa shape index (κ1) is 22.1. The highest BCUT2D eigenvalue weighted by Crippen LogP contribution is 2.36. The Morgan fingerprint density at radius 2 is 1.70 bits per heavy atom. The smallest absolute Gasteiger partial charge is 0.161 e. The molecule has 1 fully saturated rings. The average Bonchev–Trinajstić information content (AvgIpc) is 2.68. The highest BCUT2D eigenvalue weighted by Gasteiger charge is 2.28. The van der Waals surface area contributed by atoms with Gasteiger partial charge < -0.3 is 10.4 Å². The summed E-state index contributed by atoms with van der Waals surface area (Å²) >= 11 is 6.35. The van der Waals surface area contributed by atoms with Crippen LogP contribution in [0.2, 0.25) is 0 Å². The Hall–Kier alpha value is -1.22. The molecule has 0 saturated heterocycles. The van der Waals surface area contributed by atoms with Crippen LogP contribution in [0, 0.1) is 0 Å². The van der Waals surface area contributed by atoms with Gasteiger partial charge in [0.1, 0.15) is 0 Å². The van der Waals surface area contributed by atoms with Gasteiger partial charge in [-0.15, -0.1) is 24.0 Å². The van der Waals surface area contributed by atoms with Crippen molar-refractivity contribution in [2.45, 2.75) is 69.4 Å². The van der Waals surface area contributed by atoms with E-state index >= 15 is 0 Å². The van der Waals surface area contributed by atoms with Crippen LogP contribution in [-0.2, 0) is 12.1 Å². The molecule has 0 aliphatic heterocycles. The molecule has 4 heteroatoms. The third kappa shape index (κ3) is 5.40. The number of anilines is 1. The highest BCUT2D eigenvalue weighted by molar-refractivity contribution is 6.20. The van der Waals surface area contributed by atoms with E-state index in [1.807, 2.05) is 19.1 Å². The summed E-state index contributed by atoms with van der Waals surface area (Å²) in [6.07, 6.45) is 6.21. The number of aryl methyl sites for hydroxylation is 1. The fourth-order valence-corrected chi connectivity index (χ4v) is 4.26. The van der Waals surface area contributed by atoms with Gasteiger partial charge >= 0.3 is 0 Å². The second-order valence-corrected chi connectivity index (χ2v) is 8.09. The molecule has 27 heavy (non-hydrogen) atoms. The van der Waals surface area contributed by atoms with Crippen LogP contribution >= 0.6 is 24.0 Å². The quantitative estimate of drug-likeness (QED) is 0.417. The van der Waals surface area contributed by atoms with E-state index in [2.05, 4.69) is 48.6 Å². The monoisotopic (exact) mass is 407 g/mol. The SMILES string of the molecule is CCc1ccc(NC(O)(CC)c2ccc(C3CCCC(Cl)C3)cc2)cc1.Cl. The minimum Gasteiger partial charge on any atom is -0.367 e. The molecule has 2 nitrogen and oxygen atoms in total. The van der Waals surface area contributed by atoms with Gasteiger partial charge in [0.15, 0.2) is 5.72 Å². The molecule has 1 saturated carbocycles. The van der Waals surface area contributed by atoms with Gasteiger partial charge in [-0.1, -0.05) is 56.7 Å². The fourth-order valence-electron chi connectivity index (χ4n) is 3.89. The van der Waals surface area contributed by atoms with Gasteiger partial charge in [-0.25, -0.2) is 0 Å². The lowest BCUT2D eigenvalue weighted by Crippen LogP contribution is -2.34. The summed E-state index contributed by atoms with van der Waals surface area (Å²) in [7, 11) is 0. The molecule has 1 aliphatic rings. The van der Waals surface area contributed by atoms with Crippen LogP contribution < -0.4 is 5.32 Å². The Kier molecular flexibility index (Phi) is 8.03. The molecule has 2 N–H and O–H groups in total. The molecule has 0 amide bonds. The van der Waals surface area contributed by atoms with Crippen molar-refractivity contribution >= 4 is 29.7 Å². The lowest BCUT2D eigenvalue weighted by atomic mass is 9.83. The Balaban J connectivity index is 0.00000261. The van der Waals surface area contributed by atoms with Crippen LogP contribution in [0.25, 0.3) is 0 Å². The fraction of sp³-hybridized carbons (Fsp3) is 0.478. The van der Waals surface area contributed by atoms with Gasteiger partial charge in [-0.2, -0.15) is 0 Å². The molecule has 0 bridgehead atoms. The van der Waals surface area contributed by atoms with Crippen molar-refractivity contribution in [1.82, 2.24) is 0 Å². The third-order valence-electron chi connectivity index (χ3n) is 5.69. The number of aliphatic hydroxyl groups is 1. The summed E-state index contributed by atoms with van der Waals surface area (Å²) < 4.78 is 0. The first-order valence-electron chi connectivity index (χ1n) is 9.88. The molecule has 2 aromatic rings. The summed E-state index contributed by atoms with van der Waals surface area (Å²) in [5.74, 6) is 0.546. The van der Waals surface area contributed by atoms with E-state index in [1.165, 1.54) is 24.0 Å². The van der Waals surface area contributed by atoms with Crippen molar-refractivity contribution in [2.24, 2.45) is 0 Å². The number of rotatable bonds is 6. The van der Waals surface area contributed by atoms with Gasteiger partial charge in [-0.3, -0.25) is 0 Å². The van der Waals surface area contributed by atoms with Crippen molar-refractivity contribution in [1.29, 1.82) is 0 Å². The van der Waals surface area contributed by atoms with Crippen LogP contribution in [-0.4, -0.2) is 10.5 Å². The van der Waals surface area contributed by atoms with Gasteiger partial charge in [0.2, 0.25) is 0 Å². The molecule has 0 spiro atoms. The number of hydrogen-bond acceptors (Lipinski definition) is 2. The normalized spacial score (nSPS) is 21.8. The lowest BCUT2D eigenvalue weighted by Gasteiger charge is -2.31. The first-order chi connectivity index (χ1) is 12.5. The van der Waals surface area contributed by atoms with E-state index in [0.717, 1.165) is 30.5 Å². The van der Waals surface area contributed by atoms with Gasteiger partial charge in [0.25, 0.3) is 0 Å².